The quantitative estimate of drug-likeness (QED) is 0.686. The van der Waals surface area contributed by atoms with E-state index in [1.54, 1.807) is 0 Å². The summed E-state index contributed by atoms with van der Waals surface area (Å²) in [6, 6.07) is 8.33. The molecule has 0 spiro atoms. The van der Waals surface area contributed by atoms with Crippen LogP contribution in [0.2, 0.25) is 0 Å². The minimum Gasteiger partial charge on any atom is -0.395 e. The Kier molecular flexibility index (Phi) is 3.84. The molecule has 2 aromatic rings. The Morgan fingerprint density at radius 1 is 1.25 bits per heavy atom. The molecule has 0 radical (unpaired) electrons. The predicted octanol–water partition coefficient (Wildman–Crippen LogP) is 2.73. The van der Waals surface area contributed by atoms with Crippen LogP contribution in [-0.2, 0) is 6.54 Å². The van der Waals surface area contributed by atoms with Crippen LogP contribution < -0.4 is 5.32 Å². The molecule has 1 aromatic heterocycles. The second-order valence-electron chi connectivity index (χ2n) is 4.50. The lowest BCUT2D eigenvalue weighted by molar-refractivity contribution is -0.402. The number of hydrogen-bond donors (Lipinski definition) is 1. The SMILES string of the molecule is Cc1ccc(CNC(=O)c2ccc([N+](=O)[O-])o2)cc1C. The summed E-state index contributed by atoms with van der Waals surface area (Å²) >= 11 is 0. The van der Waals surface area contributed by atoms with Crippen molar-refractivity contribution in [3.8, 4) is 0 Å². The Bertz CT molecular complexity index is 661. The van der Waals surface area contributed by atoms with E-state index >= 15 is 0 Å². The number of benzene rings is 1. The van der Waals surface area contributed by atoms with Gasteiger partial charge in [0.2, 0.25) is 0 Å². The Labute approximate surface area is 115 Å². The summed E-state index contributed by atoms with van der Waals surface area (Å²) in [6.45, 7) is 4.35. The molecule has 0 unspecified atom stereocenters. The Hall–Kier alpha value is -2.63. The van der Waals surface area contributed by atoms with Gasteiger partial charge in [0, 0.05) is 6.54 Å². The first-order valence-electron chi connectivity index (χ1n) is 6.06. The molecule has 0 bridgehead atoms. The topological polar surface area (TPSA) is 85.4 Å². The van der Waals surface area contributed by atoms with Gasteiger partial charge in [-0.3, -0.25) is 14.9 Å². The highest BCUT2D eigenvalue weighted by atomic mass is 16.6. The highest BCUT2D eigenvalue weighted by molar-refractivity contribution is 5.91. The molecule has 0 aliphatic heterocycles. The van der Waals surface area contributed by atoms with E-state index in [0.717, 1.165) is 17.2 Å². The standard InChI is InChI=1S/C14H14N2O4/c1-9-3-4-11(7-10(9)2)8-15-14(17)12-5-6-13(20-12)16(18)19/h3-7H,8H2,1-2H3,(H,15,17). The second-order valence-corrected chi connectivity index (χ2v) is 4.50. The van der Waals surface area contributed by atoms with Crippen molar-refractivity contribution < 1.29 is 14.1 Å². The number of carbonyl (C=O) groups is 1. The first-order chi connectivity index (χ1) is 9.47. The molecule has 6 nitrogen and oxygen atoms in total. The van der Waals surface area contributed by atoms with Crippen LogP contribution in [0.1, 0.15) is 27.2 Å². The summed E-state index contributed by atoms with van der Waals surface area (Å²) in [5.41, 5.74) is 3.29. The Balaban J connectivity index is 2.00. The fourth-order valence-corrected chi connectivity index (χ4v) is 1.73. The normalized spacial score (nSPS) is 10.3. The smallest absolute Gasteiger partial charge is 0.395 e. The summed E-state index contributed by atoms with van der Waals surface area (Å²) in [7, 11) is 0. The lowest BCUT2D eigenvalue weighted by Crippen LogP contribution is -2.22. The lowest BCUT2D eigenvalue weighted by Gasteiger charge is -2.06. The van der Waals surface area contributed by atoms with Crippen molar-refractivity contribution >= 4 is 11.8 Å². The van der Waals surface area contributed by atoms with E-state index in [1.807, 2.05) is 32.0 Å². The third-order valence-electron chi connectivity index (χ3n) is 3.02. The maximum absolute atomic E-state index is 11.8. The molecule has 0 atom stereocenters. The second kappa shape index (κ2) is 5.56. The molecule has 1 heterocycles. The molecule has 1 amide bonds. The maximum atomic E-state index is 11.8. The summed E-state index contributed by atoms with van der Waals surface area (Å²) in [5, 5.41) is 13.1. The fourth-order valence-electron chi connectivity index (χ4n) is 1.73. The molecule has 0 aliphatic rings. The summed E-state index contributed by atoms with van der Waals surface area (Å²) in [5.74, 6) is -0.988. The predicted molar refractivity (Wildman–Crippen MR) is 72.4 cm³/mol. The molecule has 1 N–H and O–H groups in total. The van der Waals surface area contributed by atoms with Gasteiger partial charge in [0.15, 0.2) is 5.76 Å². The van der Waals surface area contributed by atoms with Gasteiger partial charge < -0.3 is 9.73 Å². The zero-order valence-electron chi connectivity index (χ0n) is 11.2. The first-order valence-corrected chi connectivity index (χ1v) is 6.06. The molecule has 0 aliphatic carbocycles. The highest BCUT2D eigenvalue weighted by Gasteiger charge is 2.16. The molecule has 0 saturated heterocycles. The number of aryl methyl sites for hydroxylation is 2. The third kappa shape index (κ3) is 3.03. The first kappa shape index (κ1) is 13.8. The van der Waals surface area contributed by atoms with Crippen LogP contribution in [-0.4, -0.2) is 10.8 Å². The number of amides is 1. The molecular formula is C14H14N2O4. The van der Waals surface area contributed by atoms with Crippen LogP contribution in [0.3, 0.4) is 0 Å². The third-order valence-corrected chi connectivity index (χ3v) is 3.02. The fraction of sp³-hybridized carbons (Fsp3) is 0.214. The van der Waals surface area contributed by atoms with E-state index in [9.17, 15) is 14.9 Å². The summed E-state index contributed by atoms with van der Waals surface area (Å²) in [4.78, 5) is 21.6. The van der Waals surface area contributed by atoms with Gasteiger partial charge in [0.1, 0.15) is 4.92 Å². The van der Waals surface area contributed by atoms with Crippen molar-refractivity contribution in [3.63, 3.8) is 0 Å². The van der Waals surface area contributed by atoms with Crippen molar-refractivity contribution in [3.05, 3.63) is 62.9 Å². The van der Waals surface area contributed by atoms with Crippen LogP contribution in [0, 0.1) is 24.0 Å². The number of carbonyl (C=O) groups excluding carboxylic acids is 1. The lowest BCUT2D eigenvalue weighted by atomic mass is 10.1. The summed E-state index contributed by atoms with van der Waals surface area (Å²) < 4.78 is 4.83. The van der Waals surface area contributed by atoms with Gasteiger partial charge in [-0.15, -0.1) is 0 Å². The van der Waals surface area contributed by atoms with Crippen LogP contribution >= 0.6 is 0 Å². The molecule has 2 rings (SSSR count). The number of hydrogen-bond acceptors (Lipinski definition) is 4. The maximum Gasteiger partial charge on any atom is 0.433 e. The van der Waals surface area contributed by atoms with E-state index in [-0.39, 0.29) is 5.76 Å². The van der Waals surface area contributed by atoms with Crippen LogP contribution in [0.25, 0.3) is 0 Å². The van der Waals surface area contributed by atoms with Crippen LogP contribution in [0.15, 0.2) is 34.7 Å². The van der Waals surface area contributed by atoms with Gasteiger partial charge in [0.25, 0.3) is 5.91 Å². The molecule has 104 valence electrons. The zero-order chi connectivity index (χ0) is 14.7. The molecule has 1 aromatic carbocycles. The molecule has 0 fully saturated rings. The largest absolute Gasteiger partial charge is 0.433 e. The number of nitrogens with one attached hydrogen (secondary N) is 1. The summed E-state index contributed by atoms with van der Waals surface area (Å²) in [6.07, 6.45) is 0. The van der Waals surface area contributed by atoms with Gasteiger partial charge >= 0.3 is 5.88 Å². The number of nitrogens with zero attached hydrogens (tertiary/aromatic N) is 1. The van der Waals surface area contributed by atoms with E-state index in [1.165, 1.54) is 11.6 Å². The number of furan rings is 1. The minimum absolute atomic E-state index is 0.0690. The van der Waals surface area contributed by atoms with Crippen molar-refractivity contribution in [2.24, 2.45) is 0 Å². The average molecular weight is 274 g/mol. The Morgan fingerprint density at radius 3 is 2.60 bits per heavy atom. The molecular weight excluding hydrogens is 260 g/mol. The average Bonchev–Trinajstić information content (AvgIpc) is 2.89. The minimum atomic E-state index is -0.680. The monoisotopic (exact) mass is 274 g/mol. The molecule has 20 heavy (non-hydrogen) atoms. The number of nitro groups is 1. The van der Waals surface area contributed by atoms with Gasteiger partial charge in [-0.2, -0.15) is 0 Å². The van der Waals surface area contributed by atoms with Gasteiger partial charge in [-0.1, -0.05) is 18.2 Å². The zero-order valence-corrected chi connectivity index (χ0v) is 11.2. The van der Waals surface area contributed by atoms with Crippen LogP contribution in [0.4, 0.5) is 5.88 Å². The molecule has 6 heteroatoms. The van der Waals surface area contributed by atoms with Gasteiger partial charge in [-0.25, -0.2) is 0 Å². The van der Waals surface area contributed by atoms with Crippen molar-refractivity contribution in [2.45, 2.75) is 20.4 Å². The van der Waals surface area contributed by atoms with Crippen molar-refractivity contribution in [1.29, 1.82) is 0 Å². The van der Waals surface area contributed by atoms with Gasteiger partial charge in [-0.05, 0) is 36.6 Å². The molecule has 0 saturated carbocycles. The van der Waals surface area contributed by atoms with E-state index < -0.39 is 16.7 Å². The van der Waals surface area contributed by atoms with E-state index in [2.05, 4.69) is 5.32 Å². The van der Waals surface area contributed by atoms with Gasteiger partial charge in [0.05, 0.1) is 6.07 Å². The van der Waals surface area contributed by atoms with Crippen LogP contribution in [0.5, 0.6) is 0 Å². The van der Waals surface area contributed by atoms with E-state index in [4.69, 9.17) is 4.42 Å². The van der Waals surface area contributed by atoms with E-state index in [0.29, 0.717) is 6.54 Å². The highest BCUT2D eigenvalue weighted by Crippen LogP contribution is 2.15. The Morgan fingerprint density at radius 2 is 2.00 bits per heavy atom. The van der Waals surface area contributed by atoms with Crippen molar-refractivity contribution in [2.75, 3.05) is 0 Å². The van der Waals surface area contributed by atoms with Crippen molar-refractivity contribution in [1.82, 2.24) is 5.32 Å². The number of rotatable bonds is 4.